The van der Waals surface area contributed by atoms with Crippen molar-refractivity contribution in [2.75, 3.05) is 13.1 Å². The van der Waals surface area contributed by atoms with Gasteiger partial charge in [0.2, 0.25) is 0 Å². The van der Waals surface area contributed by atoms with Gasteiger partial charge >= 0.3 is 0 Å². The highest BCUT2D eigenvalue weighted by molar-refractivity contribution is 5.40. The van der Waals surface area contributed by atoms with Crippen molar-refractivity contribution in [1.29, 1.82) is 0 Å². The van der Waals surface area contributed by atoms with Crippen LogP contribution in [0.15, 0.2) is 12.1 Å². The molecule has 1 fully saturated rings. The lowest BCUT2D eigenvalue weighted by Crippen LogP contribution is -2.32. The average Bonchev–Trinajstić information content (AvgIpc) is 2.28. The maximum absolute atomic E-state index is 3.54. The number of nitrogens with one attached hydrogen (secondary N) is 1. The van der Waals surface area contributed by atoms with Crippen LogP contribution < -0.4 is 5.32 Å². The van der Waals surface area contributed by atoms with Crippen molar-refractivity contribution in [2.45, 2.75) is 46.5 Å². The molecule has 1 nitrogen and oxygen atoms in total. The Kier molecular flexibility index (Phi) is 3.88. The van der Waals surface area contributed by atoms with Crippen LogP contribution in [0.2, 0.25) is 0 Å². The number of piperidine rings is 1. The number of rotatable bonds is 2. The summed E-state index contributed by atoms with van der Waals surface area (Å²) in [4.78, 5) is 0. The highest BCUT2D eigenvalue weighted by Crippen LogP contribution is 2.33. The normalized spacial score (nSPS) is 22.5. The highest BCUT2D eigenvalue weighted by Gasteiger charge is 2.23. The summed E-state index contributed by atoms with van der Waals surface area (Å²) in [6.07, 6.45) is 2.71. The minimum atomic E-state index is 0.684. The van der Waals surface area contributed by atoms with Crippen LogP contribution in [0, 0.1) is 26.7 Å². The van der Waals surface area contributed by atoms with Gasteiger partial charge in [0.25, 0.3) is 0 Å². The topological polar surface area (TPSA) is 12.0 Å². The summed E-state index contributed by atoms with van der Waals surface area (Å²) in [5, 5.41) is 3.54. The molecular formula is C16H25N. The molecule has 1 aromatic carbocycles. The monoisotopic (exact) mass is 231 g/mol. The molecule has 1 aliphatic heterocycles. The van der Waals surface area contributed by atoms with Gasteiger partial charge in [0.1, 0.15) is 0 Å². The predicted molar refractivity (Wildman–Crippen MR) is 74.7 cm³/mol. The summed E-state index contributed by atoms with van der Waals surface area (Å²) in [5.74, 6) is 1.49. The zero-order chi connectivity index (χ0) is 12.4. The molecule has 0 bridgehead atoms. The second-order valence-electron chi connectivity index (χ2n) is 5.71. The van der Waals surface area contributed by atoms with Crippen molar-refractivity contribution >= 4 is 0 Å². The lowest BCUT2D eigenvalue weighted by atomic mass is 9.79. The molecule has 0 radical (unpaired) electrons. The first-order valence-corrected chi connectivity index (χ1v) is 6.88. The van der Waals surface area contributed by atoms with Crippen LogP contribution in [0.25, 0.3) is 0 Å². The van der Waals surface area contributed by atoms with E-state index in [0.717, 1.165) is 5.92 Å². The third kappa shape index (κ3) is 2.71. The molecule has 0 aromatic heterocycles. The molecular weight excluding hydrogens is 206 g/mol. The van der Waals surface area contributed by atoms with E-state index in [9.17, 15) is 0 Å². The smallest absolute Gasteiger partial charge is 0.00148 e. The molecule has 94 valence electrons. The Labute approximate surface area is 106 Å². The molecule has 1 aromatic rings. The van der Waals surface area contributed by atoms with Crippen LogP contribution in [-0.2, 0) is 0 Å². The standard InChI is InChI=1S/C16H25N/c1-11-8-12(2)16(13(3)9-11)14(4)15-6-5-7-17-10-15/h8-9,14-15,17H,5-7,10H2,1-4H3. The van der Waals surface area contributed by atoms with Crippen molar-refractivity contribution in [3.05, 3.63) is 34.4 Å². The predicted octanol–water partition coefficient (Wildman–Crippen LogP) is 3.71. The average molecular weight is 231 g/mol. The molecule has 2 atom stereocenters. The van der Waals surface area contributed by atoms with Crippen LogP contribution >= 0.6 is 0 Å². The Balaban J connectivity index is 2.26. The van der Waals surface area contributed by atoms with Crippen molar-refractivity contribution in [3.8, 4) is 0 Å². The van der Waals surface area contributed by atoms with Gasteiger partial charge in [0.05, 0.1) is 0 Å². The summed E-state index contributed by atoms with van der Waals surface area (Å²) in [5.41, 5.74) is 5.92. The minimum absolute atomic E-state index is 0.684. The van der Waals surface area contributed by atoms with E-state index in [-0.39, 0.29) is 0 Å². The van der Waals surface area contributed by atoms with Gasteiger partial charge in [-0.05, 0) is 75.2 Å². The number of hydrogen-bond acceptors (Lipinski definition) is 1. The number of benzene rings is 1. The van der Waals surface area contributed by atoms with E-state index in [0.29, 0.717) is 5.92 Å². The molecule has 1 heterocycles. The van der Waals surface area contributed by atoms with Crippen molar-refractivity contribution < 1.29 is 0 Å². The van der Waals surface area contributed by atoms with Crippen molar-refractivity contribution in [2.24, 2.45) is 5.92 Å². The largest absolute Gasteiger partial charge is 0.316 e. The van der Waals surface area contributed by atoms with Gasteiger partial charge in [-0.3, -0.25) is 0 Å². The Morgan fingerprint density at radius 2 is 1.82 bits per heavy atom. The zero-order valence-electron chi connectivity index (χ0n) is 11.6. The fraction of sp³-hybridized carbons (Fsp3) is 0.625. The lowest BCUT2D eigenvalue weighted by molar-refractivity contribution is 0.333. The van der Waals surface area contributed by atoms with Crippen molar-refractivity contribution in [3.63, 3.8) is 0 Å². The Hall–Kier alpha value is -0.820. The van der Waals surface area contributed by atoms with Gasteiger partial charge in [-0.1, -0.05) is 24.6 Å². The van der Waals surface area contributed by atoms with Gasteiger partial charge in [0, 0.05) is 0 Å². The van der Waals surface area contributed by atoms with E-state index in [1.54, 1.807) is 5.56 Å². The van der Waals surface area contributed by atoms with E-state index >= 15 is 0 Å². The summed E-state index contributed by atoms with van der Waals surface area (Å²) in [7, 11) is 0. The van der Waals surface area contributed by atoms with E-state index in [2.05, 4.69) is 45.1 Å². The molecule has 1 heteroatoms. The quantitative estimate of drug-likeness (QED) is 0.818. The van der Waals surface area contributed by atoms with Gasteiger partial charge in [-0.25, -0.2) is 0 Å². The van der Waals surface area contributed by atoms with Crippen LogP contribution in [0.5, 0.6) is 0 Å². The Bertz CT molecular complexity index is 366. The van der Waals surface area contributed by atoms with Crippen LogP contribution in [0.4, 0.5) is 0 Å². The van der Waals surface area contributed by atoms with E-state index in [4.69, 9.17) is 0 Å². The number of aryl methyl sites for hydroxylation is 3. The summed E-state index contributed by atoms with van der Waals surface area (Å²) < 4.78 is 0. The van der Waals surface area contributed by atoms with E-state index in [1.165, 1.54) is 42.6 Å². The summed E-state index contributed by atoms with van der Waals surface area (Å²) in [6.45, 7) is 11.5. The SMILES string of the molecule is Cc1cc(C)c(C(C)C2CCCNC2)c(C)c1. The number of hydrogen-bond donors (Lipinski definition) is 1. The molecule has 1 aliphatic rings. The van der Waals surface area contributed by atoms with E-state index in [1.807, 2.05) is 0 Å². The van der Waals surface area contributed by atoms with Crippen LogP contribution in [-0.4, -0.2) is 13.1 Å². The zero-order valence-corrected chi connectivity index (χ0v) is 11.6. The molecule has 1 saturated heterocycles. The molecule has 0 amide bonds. The minimum Gasteiger partial charge on any atom is -0.316 e. The lowest BCUT2D eigenvalue weighted by Gasteiger charge is -2.30. The first-order valence-electron chi connectivity index (χ1n) is 6.88. The Morgan fingerprint density at radius 3 is 2.35 bits per heavy atom. The van der Waals surface area contributed by atoms with Gasteiger partial charge in [0.15, 0.2) is 0 Å². The summed E-state index contributed by atoms with van der Waals surface area (Å²) >= 11 is 0. The molecule has 17 heavy (non-hydrogen) atoms. The first kappa shape index (κ1) is 12.6. The molecule has 2 unspecified atom stereocenters. The molecule has 2 rings (SSSR count). The van der Waals surface area contributed by atoms with Crippen LogP contribution in [0.3, 0.4) is 0 Å². The van der Waals surface area contributed by atoms with E-state index < -0.39 is 0 Å². The molecule has 0 spiro atoms. The van der Waals surface area contributed by atoms with Crippen LogP contribution in [0.1, 0.15) is 47.9 Å². The second kappa shape index (κ2) is 5.22. The maximum Gasteiger partial charge on any atom is -0.00148 e. The van der Waals surface area contributed by atoms with Gasteiger partial charge in [-0.2, -0.15) is 0 Å². The fourth-order valence-electron chi connectivity index (χ4n) is 3.45. The van der Waals surface area contributed by atoms with Gasteiger partial charge < -0.3 is 5.32 Å². The highest BCUT2D eigenvalue weighted by atomic mass is 14.9. The molecule has 0 aliphatic carbocycles. The maximum atomic E-state index is 3.54. The molecule has 1 N–H and O–H groups in total. The van der Waals surface area contributed by atoms with Gasteiger partial charge in [-0.15, -0.1) is 0 Å². The fourth-order valence-corrected chi connectivity index (χ4v) is 3.45. The third-order valence-corrected chi connectivity index (χ3v) is 4.24. The first-order chi connectivity index (χ1) is 8.09. The molecule has 0 saturated carbocycles. The van der Waals surface area contributed by atoms with Crippen molar-refractivity contribution in [1.82, 2.24) is 5.32 Å². The third-order valence-electron chi connectivity index (χ3n) is 4.24. The summed E-state index contributed by atoms with van der Waals surface area (Å²) in [6, 6.07) is 4.66. The Morgan fingerprint density at radius 1 is 1.18 bits per heavy atom. The second-order valence-corrected chi connectivity index (χ2v) is 5.71.